The van der Waals surface area contributed by atoms with Crippen LogP contribution in [-0.2, 0) is 10.0 Å². The molecule has 3 aromatic rings. The molecule has 5 nitrogen and oxygen atoms in total. The van der Waals surface area contributed by atoms with Crippen molar-refractivity contribution >= 4 is 27.7 Å². The molecule has 0 fully saturated rings. The predicted octanol–water partition coefficient (Wildman–Crippen LogP) is 4.34. The molecule has 0 aliphatic rings. The van der Waals surface area contributed by atoms with Crippen LogP contribution in [0.5, 0.6) is 0 Å². The summed E-state index contributed by atoms with van der Waals surface area (Å²) in [4.78, 5) is 2.19. The first-order valence-electron chi connectivity index (χ1n) is 8.96. The lowest BCUT2D eigenvalue weighted by Crippen LogP contribution is -2.15. The molecule has 1 heterocycles. The van der Waals surface area contributed by atoms with Gasteiger partial charge in [0.15, 0.2) is 0 Å². The van der Waals surface area contributed by atoms with Gasteiger partial charge in [0, 0.05) is 29.7 Å². The van der Waals surface area contributed by atoms with Crippen LogP contribution < -0.4 is 4.72 Å². The highest BCUT2D eigenvalue weighted by molar-refractivity contribution is 8.00. The molecule has 1 radical (unpaired) electrons. The molecule has 0 amide bonds. The summed E-state index contributed by atoms with van der Waals surface area (Å²) in [5.41, 5.74) is 1.62. The molecule has 3 rings (SSSR count). The van der Waals surface area contributed by atoms with Gasteiger partial charge in [0.05, 0.1) is 10.6 Å². The van der Waals surface area contributed by atoms with Crippen LogP contribution in [-0.4, -0.2) is 43.7 Å². The average molecular weight is 433 g/mol. The van der Waals surface area contributed by atoms with E-state index in [0.717, 1.165) is 16.3 Å². The lowest BCUT2D eigenvalue weighted by Gasteiger charge is -2.13. The van der Waals surface area contributed by atoms with Gasteiger partial charge in [-0.2, -0.15) is 0 Å². The van der Waals surface area contributed by atoms with Crippen LogP contribution in [0.25, 0.3) is 11.3 Å². The number of hydrogen-bond acceptors (Lipinski definition) is 5. The molecule has 0 saturated heterocycles. The quantitative estimate of drug-likeness (QED) is 0.424. The van der Waals surface area contributed by atoms with Crippen LogP contribution in [0.15, 0.2) is 65.7 Å². The summed E-state index contributed by atoms with van der Waals surface area (Å²) in [6, 6.07) is 14.2. The molecule has 0 spiro atoms. The van der Waals surface area contributed by atoms with Crippen molar-refractivity contribution < 1.29 is 12.8 Å². The normalized spacial score (nSPS) is 11.8. The molecule has 8 heteroatoms. The molecule has 0 saturated carbocycles. The Labute approximate surface area is 175 Å². The van der Waals surface area contributed by atoms with Gasteiger partial charge in [0.1, 0.15) is 5.82 Å². The van der Waals surface area contributed by atoms with Crippen LogP contribution in [0.3, 0.4) is 0 Å². The Bertz CT molecular complexity index is 1090. The second kappa shape index (κ2) is 9.02. The highest BCUT2D eigenvalue weighted by atomic mass is 32.2. The van der Waals surface area contributed by atoms with Gasteiger partial charge in [0.2, 0.25) is 0 Å². The van der Waals surface area contributed by atoms with E-state index in [0.29, 0.717) is 11.3 Å². The summed E-state index contributed by atoms with van der Waals surface area (Å²) >= 11 is 1.50. The van der Waals surface area contributed by atoms with Gasteiger partial charge in [-0.3, -0.25) is 0 Å². The molecule has 2 aromatic carbocycles. The van der Waals surface area contributed by atoms with E-state index in [1.807, 2.05) is 20.2 Å². The fourth-order valence-electron chi connectivity index (χ4n) is 2.76. The van der Waals surface area contributed by atoms with E-state index in [-0.39, 0.29) is 16.2 Å². The molecule has 0 aliphatic heterocycles. The number of rotatable bonds is 8. The molecular weight excluding hydrogens is 409 g/mol. The monoisotopic (exact) mass is 432 g/mol. The Balaban J connectivity index is 1.93. The van der Waals surface area contributed by atoms with Gasteiger partial charge in [-0.05, 0) is 63.0 Å². The number of nitrogens with zero attached hydrogens (tertiary/aromatic N) is 2. The van der Waals surface area contributed by atoms with Gasteiger partial charge in [-0.15, -0.1) is 0 Å². The van der Waals surface area contributed by atoms with Gasteiger partial charge in [-0.1, -0.05) is 30.1 Å². The molecular formula is C21H23FN3O2S2. The van der Waals surface area contributed by atoms with Gasteiger partial charge >= 0.3 is 0 Å². The number of halogens is 1. The summed E-state index contributed by atoms with van der Waals surface area (Å²) in [5.74, 6) is 0.360. The molecule has 0 atom stereocenters. The Morgan fingerprint density at radius 2 is 1.90 bits per heavy atom. The molecule has 0 aliphatic carbocycles. The van der Waals surface area contributed by atoms with E-state index in [9.17, 15) is 12.8 Å². The molecule has 153 valence electrons. The smallest absolute Gasteiger partial charge is 0.268 e. The highest BCUT2D eigenvalue weighted by Gasteiger charge is 2.22. The third-order valence-electron chi connectivity index (χ3n) is 4.21. The van der Waals surface area contributed by atoms with Crippen LogP contribution in [0.4, 0.5) is 10.1 Å². The number of nitrogens with one attached hydrogen (secondary N) is 1. The van der Waals surface area contributed by atoms with Crippen LogP contribution in [0, 0.1) is 12.7 Å². The highest BCUT2D eigenvalue weighted by Crippen LogP contribution is 2.29. The predicted molar refractivity (Wildman–Crippen MR) is 118 cm³/mol. The molecule has 1 aromatic heterocycles. The number of hydrogen-bond donors (Lipinski definition) is 1. The minimum atomic E-state index is -3.93. The molecule has 0 bridgehead atoms. The summed E-state index contributed by atoms with van der Waals surface area (Å²) in [7, 11) is 0.0620. The van der Waals surface area contributed by atoms with Gasteiger partial charge < -0.3 is 9.62 Å². The Kier molecular flexibility index (Phi) is 6.66. The molecule has 1 N–H and O–H groups in total. The lowest BCUT2D eigenvalue weighted by atomic mass is 10.1. The standard InChI is InChI=1S/C21H23FN3O2S2/c1-16-13-21(19-9-4-5-10-20(19)22)25(15-16)29(26,27)18-8-6-7-17(14-18)23-28-12-11-24(2)3/h4-10,13-15,23H,1,11-12H2,2-3H3. The van der Waals surface area contributed by atoms with E-state index in [1.165, 1.54) is 30.3 Å². The third-order valence-corrected chi connectivity index (χ3v) is 6.65. The van der Waals surface area contributed by atoms with E-state index < -0.39 is 15.8 Å². The van der Waals surface area contributed by atoms with Crippen molar-refractivity contribution in [3.8, 4) is 11.3 Å². The topological polar surface area (TPSA) is 54.3 Å². The Morgan fingerprint density at radius 3 is 2.62 bits per heavy atom. The summed E-state index contributed by atoms with van der Waals surface area (Å²) in [5, 5.41) is 0. The number of aromatic nitrogens is 1. The second-order valence-corrected chi connectivity index (χ2v) is 9.51. The van der Waals surface area contributed by atoms with Crippen molar-refractivity contribution in [1.82, 2.24) is 8.87 Å². The Morgan fingerprint density at radius 1 is 1.14 bits per heavy atom. The van der Waals surface area contributed by atoms with Gasteiger partial charge in [0.25, 0.3) is 10.0 Å². The van der Waals surface area contributed by atoms with Crippen molar-refractivity contribution in [2.24, 2.45) is 0 Å². The van der Waals surface area contributed by atoms with Crippen molar-refractivity contribution in [1.29, 1.82) is 0 Å². The van der Waals surface area contributed by atoms with Crippen molar-refractivity contribution in [3.05, 3.63) is 79.1 Å². The fraction of sp³-hybridized carbons (Fsp3) is 0.190. The zero-order valence-electron chi connectivity index (χ0n) is 16.3. The first-order chi connectivity index (χ1) is 13.8. The average Bonchev–Trinajstić information content (AvgIpc) is 3.08. The van der Waals surface area contributed by atoms with Crippen LogP contribution in [0.1, 0.15) is 5.56 Å². The summed E-state index contributed by atoms with van der Waals surface area (Å²) < 4.78 is 45.2. The molecule has 0 unspecified atom stereocenters. The van der Waals surface area contributed by atoms with E-state index in [1.54, 1.807) is 36.4 Å². The van der Waals surface area contributed by atoms with Gasteiger partial charge in [-0.25, -0.2) is 16.8 Å². The number of benzene rings is 2. The minimum absolute atomic E-state index is 0.115. The SMILES string of the molecule is [CH2]c1cc(-c2ccccc2F)n(S(=O)(=O)c2cccc(NSCCN(C)C)c2)c1. The first kappa shape index (κ1) is 21.4. The maximum absolute atomic E-state index is 14.3. The Hall–Kier alpha value is -2.29. The zero-order chi connectivity index (χ0) is 21.0. The lowest BCUT2D eigenvalue weighted by molar-refractivity contribution is 0.437. The van der Waals surface area contributed by atoms with Crippen molar-refractivity contribution in [3.63, 3.8) is 0 Å². The summed E-state index contributed by atoms with van der Waals surface area (Å²) in [6.07, 6.45) is 1.41. The second-order valence-electron chi connectivity index (χ2n) is 6.80. The fourth-order valence-corrected chi connectivity index (χ4v) is 5.05. The van der Waals surface area contributed by atoms with E-state index in [2.05, 4.69) is 16.5 Å². The summed E-state index contributed by atoms with van der Waals surface area (Å²) in [6.45, 7) is 4.72. The third kappa shape index (κ3) is 5.01. The van der Waals surface area contributed by atoms with Crippen LogP contribution in [0.2, 0.25) is 0 Å². The molecule has 29 heavy (non-hydrogen) atoms. The zero-order valence-corrected chi connectivity index (χ0v) is 17.9. The number of anilines is 1. The maximum Gasteiger partial charge on any atom is 0.268 e. The van der Waals surface area contributed by atoms with Crippen molar-refractivity contribution in [2.75, 3.05) is 31.1 Å². The largest absolute Gasteiger partial charge is 0.330 e. The first-order valence-corrected chi connectivity index (χ1v) is 11.4. The van der Waals surface area contributed by atoms with E-state index in [4.69, 9.17) is 0 Å². The minimum Gasteiger partial charge on any atom is -0.330 e. The maximum atomic E-state index is 14.3. The van der Waals surface area contributed by atoms with Crippen LogP contribution >= 0.6 is 11.9 Å². The van der Waals surface area contributed by atoms with Crippen molar-refractivity contribution in [2.45, 2.75) is 4.90 Å². The van der Waals surface area contributed by atoms with E-state index >= 15 is 0 Å².